The average molecular weight is 465 g/mol. The van der Waals surface area contributed by atoms with Gasteiger partial charge in [-0.1, -0.05) is 11.6 Å². The molecular weight excluding hydrogens is 444 g/mol. The first-order chi connectivity index (χ1) is 14.3. The first-order valence-electron chi connectivity index (χ1n) is 9.52. The maximum absolute atomic E-state index is 12.9. The molecule has 1 aromatic heterocycles. The van der Waals surface area contributed by atoms with E-state index in [4.69, 9.17) is 16.3 Å². The van der Waals surface area contributed by atoms with Crippen LogP contribution in [0.3, 0.4) is 0 Å². The Kier molecular flexibility index (Phi) is 6.02. The molecule has 1 aliphatic rings. The number of sulfonamides is 1. The number of fused-ring (bicyclic) bond motifs is 1. The monoisotopic (exact) mass is 464 g/mol. The summed E-state index contributed by atoms with van der Waals surface area (Å²) >= 11 is 7.24. The van der Waals surface area contributed by atoms with Gasteiger partial charge in [0.25, 0.3) is 15.9 Å². The summed E-state index contributed by atoms with van der Waals surface area (Å²) in [5.74, 6) is -0.143. The maximum atomic E-state index is 12.9. The van der Waals surface area contributed by atoms with Crippen LogP contribution in [0.2, 0.25) is 5.02 Å². The van der Waals surface area contributed by atoms with Crippen molar-refractivity contribution in [3.63, 3.8) is 0 Å². The second-order valence-corrected chi connectivity index (χ2v) is 10.6. The Hall–Kier alpha value is -2.13. The lowest BCUT2D eigenvalue weighted by molar-refractivity contribution is 0.0861. The molecule has 1 N–H and O–H groups in total. The third kappa shape index (κ3) is 4.32. The van der Waals surface area contributed by atoms with Gasteiger partial charge in [0.1, 0.15) is 0 Å². The largest absolute Gasteiger partial charge is 0.376 e. The van der Waals surface area contributed by atoms with Crippen molar-refractivity contribution in [2.24, 2.45) is 0 Å². The van der Waals surface area contributed by atoms with Gasteiger partial charge in [0, 0.05) is 29.9 Å². The molecule has 0 radical (unpaired) electrons. The molecule has 6 nitrogen and oxygen atoms in total. The van der Waals surface area contributed by atoms with E-state index in [-0.39, 0.29) is 16.9 Å². The lowest BCUT2D eigenvalue weighted by Gasteiger charge is -2.19. The quantitative estimate of drug-likeness (QED) is 0.590. The molecule has 1 amide bonds. The summed E-state index contributed by atoms with van der Waals surface area (Å²) in [6.45, 7) is 1.25. The van der Waals surface area contributed by atoms with E-state index in [1.54, 1.807) is 30.3 Å². The molecule has 158 valence electrons. The van der Waals surface area contributed by atoms with Crippen molar-refractivity contribution in [2.75, 3.05) is 24.5 Å². The van der Waals surface area contributed by atoms with Crippen molar-refractivity contribution in [3.05, 3.63) is 58.4 Å². The number of anilines is 1. The molecular formula is C21H21ClN2O4S2. The van der Waals surface area contributed by atoms with Gasteiger partial charge in [0.15, 0.2) is 0 Å². The zero-order valence-electron chi connectivity index (χ0n) is 16.3. The highest BCUT2D eigenvalue weighted by molar-refractivity contribution is 7.92. The van der Waals surface area contributed by atoms with E-state index in [2.05, 4.69) is 5.32 Å². The molecule has 0 aliphatic carbocycles. The van der Waals surface area contributed by atoms with E-state index in [9.17, 15) is 13.2 Å². The molecule has 3 aromatic rings. The number of rotatable bonds is 6. The maximum Gasteiger partial charge on any atom is 0.264 e. The molecule has 1 atom stereocenters. The molecule has 9 heteroatoms. The minimum Gasteiger partial charge on any atom is -0.376 e. The number of carbonyl (C=O) groups is 1. The van der Waals surface area contributed by atoms with Gasteiger partial charge < -0.3 is 10.1 Å². The summed E-state index contributed by atoms with van der Waals surface area (Å²) in [6, 6.07) is 13.2. The van der Waals surface area contributed by atoms with Gasteiger partial charge in [0.2, 0.25) is 0 Å². The van der Waals surface area contributed by atoms with Crippen LogP contribution >= 0.6 is 22.9 Å². The van der Waals surface area contributed by atoms with E-state index in [1.165, 1.54) is 34.8 Å². The van der Waals surface area contributed by atoms with E-state index < -0.39 is 10.0 Å². The third-order valence-corrected chi connectivity index (χ3v) is 8.24. The molecule has 2 heterocycles. The molecule has 2 aromatic carbocycles. The van der Waals surface area contributed by atoms with Crippen LogP contribution in [0.25, 0.3) is 10.1 Å². The smallest absolute Gasteiger partial charge is 0.264 e. The number of thiophene rings is 1. The van der Waals surface area contributed by atoms with Crippen LogP contribution in [-0.4, -0.2) is 40.6 Å². The van der Waals surface area contributed by atoms with Crippen LogP contribution in [0, 0.1) is 0 Å². The minimum absolute atomic E-state index is 0.0849. The molecule has 0 unspecified atom stereocenters. The Labute approximate surface area is 184 Å². The fourth-order valence-electron chi connectivity index (χ4n) is 3.34. The Morgan fingerprint density at radius 3 is 2.70 bits per heavy atom. The second-order valence-electron chi connectivity index (χ2n) is 7.10. The van der Waals surface area contributed by atoms with Crippen molar-refractivity contribution in [3.8, 4) is 0 Å². The normalized spacial score (nSPS) is 16.7. The lowest BCUT2D eigenvalue weighted by Crippen LogP contribution is -2.31. The number of nitrogens with one attached hydrogen (secondary N) is 1. The first-order valence-corrected chi connectivity index (χ1v) is 12.2. The third-order valence-electron chi connectivity index (χ3n) is 5.07. The van der Waals surface area contributed by atoms with Crippen LogP contribution in [0.1, 0.15) is 22.5 Å². The predicted molar refractivity (Wildman–Crippen MR) is 120 cm³/mol. The Bertz CT molecular complexity index is 1170. The highest BCUT2D eigenvalue weighted by atomic mass is 35.5. The highest BCUT2D eigenvalue weighted by Gasteiger charge is 2.22. The van der Waals surface area contributed by atoms with Crippen LogP contribution in [0.5, 0.6) is 0 Å². The van der Waals surface area contributed by atoms with Crippen LogP contribution in [0.4, 0.5) is 5.69 Å². The Morgan fingerprint density at radius 1 is 1.23 bits per heavy atom. The summed E-state index contributed by atoms with van der Waals surface area (Å²) in [6.07, 6.45) is 2.07. The summed E-state index contributed by atoms with van der Waals surface area (Å²) in [4.78, 5) is 13.2. The zero-order chi connectivity index (χ0) is 21.3. The van der Waals surface area contributed by atoms with Gasteiger partial charge in [-0.05, 0) is 66.8 Å². The van der Waals surface area contributed by atoms with Gasteiger partial charge in [-0.2, -0.15) is 0 Å². The summed E-state index contributed by atoms with van der Waals surface area (Å²) in [5, 5.41) is 4.21. The van der Waals surface area contributed by atoms with E-state index >= 15 is 0 Å². The number of hydrogen-bond acceptors (Lipinski definition) is 5. The molecule has 1 fully saturated rings. The highest BCUT2D eigenvalue weighted by Crippen LogP contribution is 2.31. The fourth-order valence-corrected chi connectivity index (χ4v) is 5.61. The van der Waals surface area contributed by atoms with Gasteiger partial charge in [-0.15, -0.1) is 11.3 Å². The number of amides is 1. The predicted octanol–water partition coefficient (Wildman–Crippen LogP) is 4.29. The first kappa shape index (κ1) is 21.1. The van der Waals surface area contributed by atoms with Crippen molar-refractivity contribution in [1.82, 2.24) is 5.32 Å². The zero-order valence-corrected chi connectivity index (χ0v) is 18.7. The number of carbonyl (C=O) groups excluding carboxylic acids is 1. The van der Waals surface area contributed by atoms with Crippen LogP contribution in [-0.2, 0) is 14.8 Å². The summed E-state index contributed by atoms with van der Waals surface area (Å²) in [5.41, 5.74) is 0.515. The molecule has 0 saturated carbocycles. The number of hydrogen-bond donors (Lipinski definition) is 1. The lowest BCUT2D eigenvalue weighted by atomic mass is 10.2. The molecule has 1 saturated heterocycles. The van der Waals surface area contributed by atoms with Gasteiger partial charge in [-0.3, -0.25) is 9.10 Å². The van der Waals surface area contributed by atoms with Crippen LogP contribution < -0.4 is 9.62 Å². The average Bonchev–Trinajstić information content (AvgIpc) is 3.40. The number of nitrogens with zero attached hydrogens (tertiary/aromatic N) is 1. The fraction of sp³-hybridized carbons (Fsp3) is 0.286. The molecule has 4 rings (SSSR count). The molecule has 1 aliphatic heterocycles. The number of ether oxygens (including phenoxy) is 1. The Morgan fingerprint density at radius 2 is 2.00 bits per heavy atom. The molecule has 30 heavy (non-hydrogen) atoms. The van der Waals surface area contributed by atoms with E-state index in [0.29, 0.717) is 22.1 Å². The summed E-state index contributed by atoms with van der Waals surface area (Å²) < 4.78 is 33.5. The van der Waals surface area contributed by atoms with Crippen molar-refractivity contribution >= 4 is 54.6 Å². The van der Waals surface area contributed by atoms with E-state index in [1.807, 2.05) is 6.07 Å². The standard InChI is InChI=1S/C21H21ClN2O4S2/c1-24(30(26,27)18-7-4-15(22)5-8-18)16-6-9-19-14(11-16)12-20(29-19)21(25)23-13-17-3-2-10-28-17/h4-9,11-12,17H,2-3,10,13H2,1H3,(H,23,25)/t17-/m0/s1. The topological polar surface area (TPSA) is 75.7 Å². The van der Waals surface area contributed by atoms with Crippen LogP contribution in [0.15, 0.2) is 53.4 Å². The Balaban J connectivity index is 1.54. The molecule has 0 bridgehead atoms. The van der Waals surface area contributed by atoms with Gasteiger partial charge >= 0.3 is 0 Å². The number of benzene rings is 2. The van der Waals surface area contributed by atoms with Gasteiger partial charge in [0.05, 0.1) is 21.6 Å². The minimum atomic E-state index is -3.72. The summed E-state index contributed by atoms with van der Waals surface area (Å²) in [7, 11) is -2.21. The second kappa shape index (κ2) is 8.55. The molecule has 0 spiro atoms. The van der Waals surface area contributed by atoms with E-state index in [0.717, 1.165) is 29.5 Å². The van der Waals surface area contributed by atoms with Crippen molar-refractivity contribution in [1.29, 1.82) is 0 Å². The SMILES string of the molecule is CN(c1ccc2sc(C(=O)NC[C@@H]3CCCO3)cc2c1)S(=O)(=O)c1ccc(Cl)cc1. The number of halogens is 1. The van der Waals surface area contributed by atoms with Crippen molar-refractivity contribution < 1.29 is 17.9 Å². The van der Waals surface area contributed by atoms with Crippen molar-refractivity contribution in [2.45, 2.75) is 23.8 Å². The van der Waals surface area contributed by atoms with Gasteiger partial charge in [-0.25, -0.2) is 8.42 Å².